The molecule has 3 aromatic rings. The van der Waals surface area contributed by atoms with Crippen LogP contribution in [0.4, 0.5) is 0 Å². The number of methoxy groups -OCH3 is 1. The van der Waals surface area contributed by atoms with Crippen LogP contribution in [0.3, 0.4) is 0 Å². The SMILES string of the molecule is CC[C@H](C)c1ccc(OCCOc2ccc(/C=C3/C(=N)N4N=C(COc5ccccc5)SC4=NC3=O)cc2OC)cc1. The Morgan fingerprint density at radius 3 is 2.43 bits per heavy atom. The zero-order valence-corrected chi connectivity index (χ0v) is 24.5. The number of amidine groups is 2. The quantitative estimate of drug-likeness (QED) is 0.195. The Bertz CT molecular complexity index is 1540. The number of rotatable bonds is 12. The average molecular weight is 585 g/mol. The van der Waals surface area contributed by atoms with Crippen LogP contribution in [0.2, 0.25) is 0 Å². The monoisotopic (exact) mass is 584 g/mol. The Kier molecular flexibility index (Phi) is 9.23. The van der Waals surface area contributed by atoms with E-state index in [9.17, 15) is 4.79 Å². The van der Waals surface area contributed by atoms with Crippen molar-refractivity contribution in [2.45, 2.75) is 26.2 Å². The van der Waals surface area contributed by atoms with Gasteiger partial charge in [0.05, 0.1) is 12.7 Å². The van der Waals surface area contributed by atoms with Crippen molar-refractivity contribution in [1.29, 1.82) is 5.41 Å². The van der Waals surface area contributed by atoms with Crippen LogP contribution in [0.5, 0.6) is 23.0 Å². The fraction of sp³-hybridized carbons (Fsp3) is 0.250. The summed E-state index contributed by atoms with van der Waals surface area (Å²) < 4.78 is 23.0. The van der Waals surface area contributed by atoms with Crippen LogP contribution in [0.15, 0.2) is 88.5 Å². The minimum absolute atomic E-state index is 0.0548. The maximum Gasteiger partial charge on any atom is 0.283 e. The first-order valence-corrected chi connectivity index (χ1v) is 14.5. The highest BCUT2D eigenvalue weighted by Crippen LogP contribution is 2.32. The number of nitrogens with zero attached hydrogens (tertiary/aromatic N) is 3. The largest absolute Gasteiger partial charge is 0.493 e. The van der Waals surface area contributed by atoms with Gasteiger partial charge in [-0.05, 0) is 77.7 Å². The third-order valence-electron chi connectivity index (χ3n) is 6.77. The molecule has 0 saturated carbocycles. The molecule has 0 aromatic heterocycles. The first kappa shape index (κ1) is 28.9. The van der Waals surface area contributed by atoms with Gasteiger partial charge in [0.15, 0.2) is 17.3 Å². The summed E-state index contributed by atoms with van der Waals surface area (Å²) in [5.41, 5.74) is 2.08. The van der Waals surface area contributed by atoms with E-state index in [-0.39, 0.29) is 18.0 Å². The second-order valence-electron chi connectivity index (χ2n) is 9.60. The predicted molar refractivity (Wildman–Crippen MR) is 166 cm³/mol. The number of fused-ring (bicyclic) bond motifs is 1. The van der Waals surface area contributed by atoms with Gasteiger partial charge in [-0.15, -0.1) is 0 Å². The summed E-state index contributed by atoms with van der Waals surface area (Å²) in [5.74, 6) is 2.50. The molecule has 9 nitrogen and oxygen atoms in total. The first-order valence-electron chi connectivity index (χ1n) is 13.7. The molecule has 0 spiro atoms. The molecule has 1 N–H and O–H groups in total. The van der Waals surface area contributed by atoms with Crippen molar-refractivity contribution < 1.29 is 23.7 Å². The predicted octanol–water partition coefficient (Wildman–Crippen LogP) is 6.36. The number of hydrogen-bond donors (Lipinski definition) is 1. The van der Waals surface area contributed by atoms with Crippen LogP contribution in [-0.2, 0) is 4.79 Å². The van der Waals surface area contributed by atoms with Crippen LogP contribution < -0.4 is 18.9 Å². The number of hydrogen-bond acceptors (Lipinski definition) is 8. The van der Waals surface area contributed by atoms with Gasteiger partial charge in [-0.2, -0.15) is 15.1 Å². The molecule has 0 saturated heterocycles. The second kappa shape index (κ2) is 13.4. The molecule has 42 heavy (non-hydrogen) atoms. The van der Waals surface area contributed by atoms with E-state index >= 15 is 0 Å². The summed E-state index contributed by atoms with van der Waals surface area (Å²) in [6.07, 6.45) is 2.69. The number of aliphatic imine (C=N–C) groups is 1. The molecule has 2 heterocycles. The van der Waals surface area contributed by atoms with Gasteiger partial charge in [0.25, 0.3) is 5.91 Å². The summed E-state index contributed by atoms with van der Waals surface area (Å²) in [7, 11) is 1.55. The first-order chi connectivity index (χ1) is 20.4. The van der Waals surface area contributed by atoms with Gasteiger partial charge in [-0.3, -0.25) is 10.2 Å². The smallest absolute Gasteiger partial charge is 0.283 e. The number of ether oxygens (including phenoxy) is 4. The highest BCUT2D eigenvalue weighted by Gasteiger charge is 2.35. The van der Waals surface area contributed by atoms with Crippen LogP contribution >= 0.6 is 11.8 Å². The summed E-state index contributed by atoms with van der Waals surface area (Å²) >= 11 is 1.21. The number of amides is 1. The molecule has 0 fully saturated rings. The zero-order chi connectivity index (χ0) is 29.5. The highest BCUT2D eigenvalue weighted by atomic mass is 32.2. The molecule has 0 unspecified atom stereocenters. The maximum absolute atomic E-state index is 12.8. The van der Waals surface area contributed by atoms with E-state index in [2.05, 4.69) is 36.1 Å². The van der Waals surface area contributed by atoms with E-state index in [0.29, 0.717) is 52.2 Å². The molecule has 0 bridgehead atoms. The van der Waals surface area contributed by atoms with E-state index < -0.39 is 5.91 Å². The van der Waals surface area contributed by atoms with Gasteiger partial charge in [0, 0.05) is 0 Å². The van der Waals surface area contributed by atoms with E-state index in [0.717, 1.165) is 12.2 Å². The molecule has 1 atom stereocenters. The number of hydrazone groups is 1. The number of carbonyl (C=O) groups is 1. The van der Waals surface area contributed by atoms with Crippen molar-refractivity contribution in [2.75, 3.05) is 26.9 Å². The van der Waals surface area contributed by atoms with Crippen molar-refractivity contribution in [3.63, 3.8) is 0 Å². The van der Waals surface area contributed by atoms with Gasteiger partial charge < -0.3 is 18.9 Å². The van der Waals surface area contributed by atoms with E-state index in [1.54, 1.807) is 31.4 Å². The fourth-order valence-electron chi connectivity index (χ4n) is 4.25. The Labute approximate surface area is 249 Å². The number of thioether (sulfide) groups is 1. The molecule has 2 aliphatic heterocycles. The van der Waals surface area contributed by atoms with Crippen LogP contribution in [0.25, 0.3) is 6.08 Å². The minimum Gasteiger partial charge on any atom is -0.493 e. The van der Waals surface area contributed by atoms with Crippen LogP contribution in [-0.4, -0.2) is 53.9 Å². The van der Waals surface area contributed by atoms with Gasteiger partial charge in [-0.1, -0.05) is 50.2 Å². The Hall–Kier alpha value is -4.57. The zero-order valence-electron chi connectivity index (χ0n) is 23.7. The third-order valence-corrected chi connectivity index (χ3v) is 7.65. The molecule has 216 valence electrons. The second-order valence-corrected chi connectivity index (χ2v) is 10.6. The van der Waals surface area contributed by atoms with Crippen LogP contribution in [0, 0.1) is 5.41 Å². The molecule has 5 rings (SSSR count). The highest BCUT2D eigenvalue weighted by molar-refractivity contribution is 8.27. The van der Waals surface area contributed by atoms with Gasteiger partial charge in [0.2, 0.25) is 5.17 Å². The standard InChI is InChI=1S/C32H32N4O5S/c1-4-21(2)23-11-13-25(14-12-23)39-16-17-40-27-15-10-22(19-28(27)38-3)18-26-30(33)36-32(34-31(26)37)42-29(35-36)20-41-24-8-6-5-7-9-24/h5-15,18-19,21,33H,4,16-17,20H2,1-3H3/b26-18-,33-30?/t21-/m0/s1. The molecular formula is C32H32N4O5S. The Morgan fingerprint density at radius 1 is 0.952 bits per heavy atom. The summed E-state index contributed by atoms with van der Waals surface area (Å²) in [5, 5.41) is 15.4. The van der Waals surface area contributed by atoms with Crippen molar-refractivity contribution >= 4 is 39.8 Å². The third kappa shape index (κ3) is 6.83. The maximum atomic E-state index is 12.8. The summed E-state index contributed by atoms with van der Waals surface area (Å²) in [4.78, 5) is 17.0. The van der Waals surface area contributed by atoms with Gasteiger partial charge >= 0.3 is 0 Å². The van der Waals surface area contributed by atoms with Gasteiger partial charge in [-0.25, -0.2) is 0 Å². The van der Waals surface area contributed by atoms with Crippen molar-refractivity contribution in [3.05, 3.63) is 89.5 Å². The molecular weight excluding hydrogens is 552 g/mol. The van der Waals surface area contributed by atoms with Gasteiger partial charge in [0.1, 0.15) is 36.4 Å². The molecule has 0 radical (unpaired) electrons. The average Bonchev–Trinajstić information content (AvgIpc) is 3.44. The fourth-order valence-corrected chi connectivity index (χ4v) is 5.05. The molecule has 10 heteroatoms. The summed E-state index contributed by atoms with van der Waals surface area (Å²) in [6, 6.07) is 22.8. The molecule has 3 aromatic carbocycles. The number of carbonyl (C=O) groups excluding carboxylic acids is 1. The van der Waals surface area contributed by atoms with Crippen molar-refractivity contribution in [2.24, 2.45) is 10.1 Å². The van der Waals surface area contributed by atoms with Crippen LogP contribution in [0.1, 0.15) is 37.3 Å². The Balaban J connectivity index is 1.19. The lowest BCUT2D eigenvalue weighted by Crippen LogP contribution is -2.35. The minimum atomic E-state index is -0.507. The molecule has 1 amide bonds. The lowest BCUT2D eigenvalue weighted by molar-refractivity contribution is -0.114. The lowest BCUT2D eigenvalue weighted by Gasteiger charge is -2.20. The molecule has 2 aliphatic rings. The molecule has 0 aliphatic carbocycles. The summed E-state index contributed by atoms with van der Waals surface area (Å²) in [6.45, 7) is 5.29. The van der Waals surface area contributed by atoms with Crippen molar-refractivity contribution in [1.82, 2.24) is 5.01 Å². The topological polar surface area (TPSA) is 106 Å². The van der Waals surface area contributed by atoms with E-state index in [1.807, 2.05) is 42.5 Å². The normalized spacial score (nSPS) is 16.1. The van der Waals surface area contributed by atoms with Crippen molar-refractivity contribution in [3.8, 4) is 23.0 Å². The number of benzene rings is 3. The number of para-hydroxylation sites is 1. The lowest BCUT2D eigenvalue weighted by atomic mass is 9.99. The van der Waals surface area contributed by atoms with E-state index in [1.165, 1.54) is 22.3 Å². The Morgan fingerprint density at radius 2 is 1.69 bits per heavy atom. The number of nitrogens with one attached hydrogen (secondary N) is 1. The van der Waals surface area contributed by atoms with E-state index in [4.69, 9.17) is 24.4 Å².